The van der Waals surface area contributed by atoms with Crippen molar-refractivity contribution in [2.75, 3.05) is 5.75 Å². The second kappa shape index (κ2) is 5.78. The van der Waals surface area contributed by atoms with Crippen LogP contribution in [0.4, 0.5) is 0 Å². The smallest absolute Gasteiger partial charge is 0.260 e. The molecule has 1 aliphatic carbocycles. The zero-order valence-corrected chi connectivity index (χ0v) is 13.2. The summed E-state index contributed by atoms with van der Waals surface area (Å²) in [5.41, 5.74) is 3.11. The van der Waals surface area contributed by atoms with Crippen molar-refractivity contribution in [3.8, 4) is 0 Å². The lowest BCUT2D eigenvalue weighted by Crippen LogP contribution is -2.31. The number of hydrazine groups is 1. The van der Waals surface area contributed by atoms with Gasteiger partial charge >= 0.3 is 0 Å². The fraction of sp³-hybridized carbons (Fsp3) is 0.462. The van der Waals surface area contributed by atoms with Crippen LogP contribution in [0.25, 0.3) is 10.2 Å². The van der Waals surface area contributed by atoms with Gasteiger partial charge in [0.25, 0.3) is 5.56 Å². The number of nitrogens with one attached hydrogen (secondary N) is 2. The standard InChI is InChI=1S/C13H16N4O2S2/c1-6-2-3-7-8(4-6)21-12-10(7)11(19)15-13(16-12)20-5-9(18)17-14/h6H,2-5,14H2,1H3,(H,17,18)(H,15,16,19). The summed E-state index contributed by atoms with van der Waals surface area (Å²) >= 11 is 2.78. The van der Waals surface area contributed by atoms with Gasteiger partial charge in [0.15, 0.2) is 5.16 Å². The first-order valence-electron chi connectivity index (χ1n) is 6.75. The van der Waals surface area contributed by atoms with Gasteiger partial charge in [0, 0.05) is 4.88 Å². The average Bonchev–Trinajstić information content (AvgIpc) is 2.82. The summed E-state index contributed by atoms with van der Waals surface area (Å²) < 4.78 is 0. The first kappa shape index (κ1) is 14.6. The second-order valence-electron chi connectivity index (χ2n) is 5.26. The number of thioether (sulfide) groups is 1. The minimum absolute atomic E-state index is 0.109. The van der Waals surface area contributed by atoms with E-state index in [1.165, 1.54) is 16.6 Å². The van der Waals surface area contributed by atoms with E-state index in [2.05, 4.69) is 22.3 Å². The number of H-pyrrole nitrogens is 1. The highest BCUT2D eigenvalue weighted by atomic mass is 32.2. The molecule has 0 radical (unpaired) electrons. The number of aromatic nitrogens is 2. The van der Waals surface area contributed by atoms with Gasteiger partial charge in [0.1, 0.15) is 4.83 Å². The molecule has 0 saturated heterocycles. The number of nitrogens with two attached hydrogens (primary N) is 1. The summed E-state index contributed by atoms with van der Waals surface area (Å²) in [6, 6.07) is 0. The molecule has 112 valence electrons. The predicted molar refractivity (Wildman–Crippen MR) is 84.5 cm³/mol. The van der Waals surface area contributed by atoms with Gasteiger partial charge in [-0.1, -0.05) is 18.7 Å². The van der Waals surface area contributed by atoms with Crippen molar-refractivity contribution in [1.29, 1.82) is 0 Å². The highest BCUT2D eigenvalue weighted by Gasteiger charge is 2.23. The summed E-state index contributed by atoms with van der Waals surface area (Å²) in [7, 11) is 0. The van der Waals surface area contributed by atoms with Crippen LogP contribution in [0.15, 0.2) is 9.95 Å². The summed E-state index contributed by atoms with van der Waals surface area (Å²) in [5, 5.41) is 1.19. The number of aryl methyl sites for hydroxylation is 1. The number of carbonyl (C=O) groups excluding carboxylic acids is 1. The SMILES string of the molecule is CC1CCc2c(sc3nc(SCC(=O)NN)[nH]c(=O)c23)C1. The highest BCUT2D eigenvalue weighted by molar-refractivity contribution is 7.99. The van der Waals surface area contributed by atoms with Gasteiger partial charge in [-0.15, -0.1) is 11.3 Å². The number of thiophene rings is 1. The first-order chi connectivity index (χ1) is 10.1. The fourth-order valence-corrected chi connectivity index (χ4v) is 4.69. The van der Waals surface area contributed by atoms with Crippen LogP contribution >= 0.6 is 23.1 Å². The molecule has 2 heterocycles. The number of rotatable bonds is 3. The highest BCUT2D eigenvalue weighted by Crippen LogP contribution is 2.36. The number of aromatic amines is 1. The van der Waals surface area contributed by atoms with Gasteiger partial charge in [-0.3, -0.25) is 15.0 Å². The van der Waals surface area contributed by atoms with Crippen molar-refractivity contribution < 1.29 is 4.79 Å². The number of fused-ring (bicyclic) bond motifs is 3. The van der Waals surface area contributed by atoms with Crippen molar-refractivity contribution in [3.05, 3.63) is 20.8 Å². The molecule has 0 fully saturated rings. The van der Waals surface area contributed by atoms with Crippen LogP contribution in [0.3, 0.4) is 0 Å². The lowest BCUT2D eigenvalue weighted by atomic mass is 9.89. The Morgan fingerprint density at radius 1 is 1.62 bits per heavy atom. The van der Waals surface area contributed by atoms with Gasteiger partial charge in [0.05, 0.1) is 11.1 Å². The van der Waals surface area contributed by atoms with Crippen LogP contribution in [0.1, 0.15) is 23.8 Å². The third-order valence-corrected chi connectivity index (χ3v) is 5.67. The average molecular weight is 324 g/mol. The number of hydrogen-bond donors (Lipinski definition) is 3. The van der Waals surface area contributed by atoms with Gasteiger partial charge in [-0.25, -0.2) is 10.8 Å². The molecule has 0 aromatic carbocycles. The van der Waals surface area contributed by atoms with E-state index in [0.29, 0.717) is 11.1 Å². The van der Waals surface area contributed by atoms with Crippen molar-refractivity contribution in [2.24, 2.45) is 11.8 Å². The summed E-state index contributed by atoms with van der Waals surface area (Å²) in [5.74, 6) is 5.52. The molecular weight excluding hydrogens is 308 g/mol. The van der Waals surface area contributed by atoms with Crippen LogP contribution in [0, 0.1) is 5.92 Å². The third-order valence-electron chi connectivity index (χ3n) is 3.64. The molecule has 4 N–H and O–H groups in total. The number of amides is 1. The molecule has 1 amide bonds. The number of carbonyl (C=O) groups is 1. The Hall–Kier alpha value is -1.38. The van der Waals surface area contributed by atoms with E-state index in [0.717, 1.165) is 35.0 Å². The zero-order valence-electron chi connectivity index (χ0n) is 11.6. The van der Waals surface area contributed by atoms with Crippen molar-refractivity contribution in [2.45, 2.75) is 31.3 Å². The number of nitrogens with zero attached hydrogens (tertiary/aromatic N) is 1. The molecule has 2 aromatic heterocycles. The molecule has 1 aliphatic rings. The van der Waals surface area contributed by atoms with Crippen LogP contribution in [0.2, 0.25) is 0 Å². The third kappa shape index (κ3) is 2.83. The molecule has 21 heavy (non-hydrogen) atoms. The molecule has 8 heteroatoms. The van der Waals surface area contributed by atoms with Crippen LogP contribution in [0.5, 0.6) is 0 Å². The normalized spacial score (nSPS) is 17.7. The van der Waals surface area contributed by atoms with E-state index in [-0.39, 0.29) is 17.2 Å². The quantitative estimate of drug-likeness (QED) is 0.259. The van der Waals surface area contributed by atoms with Gasteiger partial charge in [0.2, 0.25) is 5.91 Å². The lowest BCUT2D eigenvalue weighted by Gasteiger charge is -2.17. The second-order valence-corrected chi connectivity index (χ2v) is 7.31. The molecule has 2 aromatic rings. The van der Waals surface area contributed by atoms with E-state index in [1.807, 2.05) is 0 Å². The van der Waals surface area contributed by atoms with E-state index in [9.17, 15) is 9.59 Å². The molecular formula is C13H16N4O2S2. The minimum atomic E-state index is -0.304. The van der Waals surface area contributed by atoms with E-state index in [4.69, 9.17) is 5.84 Å². The monoisotopic (exact) mass is 324 g/mol. The molecule has 0 aliphatic heterocycles. The van der Waals surface area contributed by atoms with Gasteiger partial charge < -0.3 is 4.98 Å². The van der Waals surface area contributed by atoms with Gasteiger partial charge in [-0.2, -0.15) is 0 Å². The lowest BCUT2D eigenvalue weighted by molar-refractivity contribution is -0.118. The summed E-state index contributed by atoms with van der Waals surface area (Å²) in [6.07, 6.45) is 3.09. The Morgan fingerprint density at radius 3 is 3.19 bits per heavy atom. The molecule has 3 rings (SSSR count). The molecule has 1 unspecified atom stereocenters. The van der Waals surface area contributed by atoms with E-state index in [1.54, 1.807) is 11.3 Å². The molecule has 0 spiro atoms. The van der Waals surface area contributed by atoms with Crippen molar-refractivity contribution >= 4 is 39.2 Å². The van der Waals surface area contributed by atoms with E-state index < -0.39 is 0 Å². The topological polar surface area (TPSA) is 101 Å². The van der Waals surface area contributed by atoms with Crippen molar-refractivity contribution in [1.82, 2.24) is 15.4 Å². The maximum atomic E-state index is 12.3. The zero-order chi connectivity index (χ0) is 15.0. The molecule has 0 bridgehead atoms. The summed E-state index contributed by atoms with van der Waals surface area (Å²) in [4.78, 5) is 32.7. The predicted octanol–water partition coefficient (Wildman–Crippen LogP) is 1.19. The van der Waals surface area contributed by atoms with Crippen LogP contribution < -0.4 is 16.8 Å². The van der Waals surface area contributed by atoms with Gasteiger partial charge in [-0.05, 0) is 30.7 Å². The fourth-order valence-electron chi connectivity index (χ4n) is 2.57. The Balaban J connectivity index is 1.97. The van der Waals surface area contributed by atoms with Crippen molar-refractivity contribution in [3.63, 3.8) is 0 Å². The largest absolute Gasteiger partial charge is 0.301 e. The summed E-state index contributed by atoms with van der Waals surface area (Å²) in [6.45, 7) is 2.23. The first-order valence-corrected chi connectivity index (χ1v) is 8.55. The molecule has 6 nitrogen and oxygen atoms in total. The van der Waals surface area contributed by atoms with Crippen LogP contribution in [-0.2, 0) is 17.6 Å². The maximum Gasteiger partial charge on any atom is 0.260 e. The minimum Gasteiger partial charge on any atom is -0.301 e. The Labute approximate surface area is 129 Å². The molecule has 1 atom stereocenters. The maximum absolute atomic E-state index is 12.3. The molecule has 0 saturated carbocycles. The number of hydrogen-bond acceptors (Lipinski definition) is 6. The Morgan fingerprint density at radius 2 is 2.43 bits per heavy atom. The Bertz CT molecular complexity index is 752. The van der Waals surface area contributed by atoms with Crippen LogP contribution in [-0.4, -0.2) is 21.6 Å². The Kier molecular flexibility index (Phi) is 4.01. The van der Waals surface area contributed by atoms with E-state index >= 15 is 0 Å².